The second kappa shape index (κ2) is 5.14. The van der Waals surface area contributed by atoms with E-state index in [0.29, 0.717) is 11.9 Å². The van der Waals surface area contributed by atoms with E-state index in [-0.39, 0.29) is 0 Å². The van der Waals surface area contributed by atoms with E-state index in [0.717, 1.165) is 11.7 Å². The molecule has 2 atom stereocenters. The lowest BCUT2D eigenvalue weighted by Crippen LogP contribution is -2.27. The maximum atomic E-state index is 5.50. The van der Waals surface area contributed by atoms with E-state index in [1.807, 2.05) is 0 Å². The van der Waals surface area contributed by atoms with Gasteiger partial charge in [-0.1, -0.05) is 26.2 Å². The topological polar surface area (TPSA) is 63.8 Å². The van der Waals surface area contributed by atoms with Crippen molar-refractivity contribution in [1.82, 2.24) is 9.97 Å². The van der Waals surface area contributed by atoms with Gasteiger partial charge in [-0.2, -0.15) is 0 Å². The van der Waals surface area contributed by atoms with Crippen molar-refractivity contribution >= 4 is 11.6 Å². The summed E-state index contributed by atoms with van der Waals surface area (Å²) in [6.45, 7) is 2.27. The monoisotopic (exact) mass is 220 g/mol. The first-order chi connectivity index (χ1) is 7.78. The summed E-state index contributed by atoms with van der Waals surface area (Å²) in [6.07, 6.45) is 9.78. The molecule has 1 saturated carbocycles. The van der Waals surface area contributed by atoms with Gasteiger partial charge < -0.3 is 11.1 Å². The highest BCUT2D eigenvalue weighted by Crippen LogP contribution is 2.28. The van der Waals surface area contributed by atoms with Crippen LogP contribution in [0, 0.1) is 5.92 Å². The van der Waals surface area contributed by atoms with Crippen LogP contribution in [0.4, 0.5) is 11.6 Å². The number of nitrogens with one attached hydrogen (secondary N) is 1. The number of nitrogen functional groups attached to an aromatic ring is 1. The van der Waals surface area contributed by atoms with Gasteiger partial charge in [0, 0.05) is 6.04 Å². The highest BCUT2D eigenvalue weighted by Gasteiger charge is 2.20. The van der Waals surface area contributed by atoms with Gasteiger partial charge in [-0.15, -0.1) is 0 Å². The molecule has 88 valence electrons. The minimum Gasteiger partial charge on any atom is -0.382 e. The summed E-state index contributed by atoms with van der Waals surface area (Å²) < 4.78 is 0. The van der Waals surface area contributed by atoms with Crippen molar-refractivity contribution in [2.24, 2.45) is 5.92 Å². The number of nitrogens with zero attached hydrogens (tertiary/aromatic N) is 2. The van der Waals surface area contributed by atoms with Crippen molar-refractivity contribution < 1.29 is 0 Å². The summed E-state index contributed by atoms with van der Waals surface area (Å²) in [7, 11) is 0. The average molecular weight is 220 g/mol. The maximum Gasteiger partial charge on any atom is 0.144 e. The molecule has 2 unspecified atom stereocenters. The van der Waals surface area contributed by atoms with E-state index >= 15 is 0 Å². The van der Waals surface area contributed by atoms with Gasteiger partial charge in [0.1, 0.15) is 11.6 Å². The largest absolute Gasteiger partial charge is 0.382 e. The van der Waals surface area contributed by atoms with Crippen LogP contribution in [0.3, 0.4) is 0 Å². The van der Waals surface area contributed by atoms with Gasteiger partial charge in [0.05, 0.1) is 12.4 Å². The Bertz CT molecular complexity index is 322. The molecule has 0 radical (unpaired) electrons. The first-order valence-electron chi connectivity index (χ1n) is 6.12. The third-order valence-electron chi connectivity index (χ3n) is 3.38. The molecule has 0 amide bonds. The van der Waals surface area contributed by atoms with Crippen molar-refractivity contribution in [2.45, 2.75) is 45.1 Å². The molecule has 1 aliphatic carbocycles. The summed E-state index contributed by atoms with van der Waals surface area (Å²) in [6, 6.07) is 0.552. The minimum atomic E-state index is 0.473. The molecule has 0 saturated heterocycles. The zero-order valence-electron chi connectivity index (χ0n) is 9.82. The Labute approximate surface area is 96.7 Å². The third kappa shape index (κ3) is 2.84. The van der Waals surface area contributed by atoms with Crippen LogP contribution < -0.4 is 11.1 Å². The number of hydrogen-bond donors (Lipinski definition) is 2. The first-order valence-corrected chi connectivity index (χ1v) is 6.12. The number of anilines is 2. The van der Waals surface area contributed by atoms with Crippen molar-refractivity contribution in [2.75, 3.05) is 11.1 Å². The van der Waals surface area contributed by atoms with Gasteiger partial charge in [0.15, 0.2) is 0 Å². The highest BCUT2D eigenvalue weighted by molar-refractivity contribution is 5.36. The van der Waals surface area contributed by atoms with Crippen molar-refractivity contribution in [3.8, 4) is 0 Å². The Morgan fingerprint density at radius 2 is 2.25 bits per heavy atom. The molecule has 3 N–H and O–H groups in total. The molecule has 1 fully saturated rings. The van der Waals surface area contributed by atoms with E-state index in [9.17, 15) is 0 Å². The zero-order valence-corrected chi connectivity index (χ0v) is 9.82. The van der Waals surface area contributed by atoms with Crippen molar-refractivity contribution in [1.29, 1.82) is 0 Å². The number of hydrogen-bond acceptors (Lipinski definition) is 4. The fraction of sp³-hybridized carbons (Fsp3) is 0.667. The first kappa shape index (κ1) is 11.2. The number of aromatic nitrogens is 2. The van der Waals surface area contributed by atoms with Crippen LogP contribution in [0.2, 0.25) is 0 Å². The van der Waals surface area contributed by atoms with E-state index in [2.05, 4.69) is 22.2 Å². The average Bonchev–Trinajstić information content (AvgIpc) is 2.32. The van der Waals surface area contributed by atoms with Gasteiger partial charge in [-0.3, -0.25) is 0 Å². The standard InChI is InChI=1S/C12H20N4/c1-2-9-4-3-5-10(6-9)16-12-8-14-11(13)7-15-12/h7-10H,2-6H2,1H3,(H2,13,14)(H,15,16). The number of rotatable bonds is 3. The van der Waals surface area contributed by atoms with Gasteiger partial charge in [-0.05, 0) is 18.8 Å². The van der Waals surface area contributed by atoms with Crippen LogP contribution in [-0.4, -0.2) is 16.0 Å². The van der Waals surface area contributed by atoms with Gasteiger partial charge >= 0.3 is 0 Å². The molecule has 16 heavy (non-hydrogen) atoms. The highest BCUT2D eigenvalue weighted by atomic mass is 15.0. The molecule has 1 aromatic heterocycles. The lowest BCUT2D eigenvalue weighted by atomic mass is 9.84. The van der Waals surface area contributed by atoms with Gasteiger partial charge in [0.2, 0.25) is 0 Å². The smallest absolute Gasteiger partial charge is 0.144 e. The van der Waals surface area contributed by atoms with E-state index < -0.39 is 0 Å². The van der Waals surface area contributed by atoms with Crippen LogP contribution in [0.5, 0.6) is 0 Å². The summed E-state index contributed by atoms with van der Waals surface area (Å²) in [5, 5.41) is 3.44. The maximum absolute atomic E-state index is 5.50. The lowest BCUT2D eigenvalue weighted by Gasteiger charge is -2.29. The summed E-state index contributed by atoms with van der Waals surface area (Å²) in [4.78, 5) is 8.26. The molecular weight excluding hydrogens is 200 g/mol. The third-order valence-corrected chi connectivity index (χ3v) is 3.38. The number of nitrogens with two attached hydrogens (primary N) is 1. The van der Waals surface area contributed by atoms with E-state index in [1.54, 1.807) is 12.4 Å². The predicted octanol–water partition coefficient (Wildman–Crippen LogP) is 2.44. The minimum absolute atomic E-state index is 0.473. The molecule has 0 aromatic carbocycles. The molecule has 2 rings (SSSR count). The van der Waals surface area contributed by atoms with Crippen LogP contribution in [0.25, 0.3) is 0 Å². The Hall–Kier alpha value is -1.32. The van der Waals surface area contributed by atoms with Crippen LogP contribution in [0.15, 0.2) is 12.4 Å². The van der Waals surface area contributed by atoms with Crippen molar-refractivity contribution in [3.63, 3.8) is 0 Å². The fourth-order valence-corrected chi connectivity index (χ4v) is 2.41. The molecule has 0 bridgehead atoms. The van der Waals surface area contributed by atoms with E-state index in [4.69, 9.17) is 5.73 Å². The molecule has 0 aliphatic heterocycles. The van der Waals surface area contributed by atoms with E-state index in [1.165, 1.54) is 32.1 Å². The summed E-state index contributed by atoms with van der Waals surface area (Å²) in [5.74, 6) is 2.18. The molecule has 4 nitrogen and oxygen atoms in total. The Kier molecular flexibility index (Phi) is 3.59. The predicted molar refractivity (Wildman–Crippen MR) is 66.1 cm³/mol. The summed E-state index contributed by atoms with van der Waals surface area (Å²) >= 11 is 0. The molecule has 1 aliphatic rings. The normalized spacial score (nSPS) is 25.3. The molecule has 4 heteroatoms. The Balaban J connectivity index is 1.91. The van der Waals surface area contributed by atoms with Crippen LogP contribution in [-0.2, 0) is 0 Å². The molecule has 1 heterocycles. The quantitative estimate of drug-likeness (QED) is 0.821. The van der Waals surface area contributed by atoms with Gasteiger partial charge in [-0.25, -0.2) is 9.97 Å². The zero-order chi connectivity index (χ0) is 11.4. The Morgan fingerprint density at radius 1 is 1.38 bits per heavy atom. The second-order valence-electron chi connectivity index (χ2n) is 4.61. The molecule has 0 spiro atoms. The molecular formula is C12H20N4. The van der Waals surface area contributed by atoms with Crippen LogP contribution in [0.1, 0.15) is 39.0 Å². The Morgan fingerprint density at radius 3 is 2.94 bits per heavy atom. The summed E-state index contributed by atoms with van der Waals surface area (Å²) in [5.41, 5.74) is 5.50. The van der Waals surface area contributed by atoms with Gasteiger partial charge in [0.25, 0.3) is 0 Å². The molecule has 1 aromatic rings. The second-order valence-corrected chi connectivity index (χ2v) is 4.61. The fourth-order valence-electron chi connectivity index (χ4n) is 2.41. The lowest BCUT2D eigenvalue weighted by molar-refractivity contribution is 0.327. The van der Waals surface area contributed by atoms with Crippen LogP contribution >= 0.6 is 0 Å². The SMILES string of the molecule is CCC1CCCC(Nc2cnc(N)cn2)C1. The van der Waals surface area contributed by atoms with Crippen molar-refractivity contribution in [3.05, 3.63) is 12.4 Å².